The average molecular weight is 483 g/mol. The normalized spacial score (nSPS) is 19.9. The lowest BCUT2D eigenvalue weighted by Gasteiger charge is -2.20. The number of sulfonamides is 1. The molecule has 1 amide bonds. The van der Waals surface area contributed by atoms with E-state index < -0.39 is 16.1 Å². The molecule has 182 valence electrons. The van der Waals surface area contributed by atoms with Gasteiger partial charge in [-0.15, -0.1) is 0 Å². The van der Waals surface area contributed by atoms with Crippen molar-refractivity contribution in [3.8, 4) is 0 Å². The lowest BCUT2D eigenvalue weighted by molar-refractivity contribution is -0.123. The summed E-state index contributed by atoms with van der Waals surface area (Å²) in [7, 11) is -3.64. The fraction of sp³-hybridized carbons (Fsp3) is 0.462. The summed E-state index contributed by atoms with van der Waals surface area (Å²) in [4.78, 5) is 20.3. The van der Waals surface area contributed by atoms with Gasteiger partial charge in [-0.25, -0.2) is 8.42 Å². The van der Waals surface area contributed by atoms with E-state index >= 15 is 0 Å². The monoisotopic (exact) mass is 482 g/mol. The number of hydrogen-bond acceptors (Lipinski definition) is 5. The molecule has 2 aliphatic rings. The Morgan fingerprint density at radius 2 is 1.74 bits per heavy atom. The Hall–Kier alpha value is -2.71. The fourth-order valence-corrected chi connectivity index (χ4v) is 5.80. The largest absolute Gasteiger partial charge is 0.350 e. The van der Waals surface area contributed by atoms with Gasteiger partial charge in [0, 0.05) is 18.7 Å². The van der Waals surface area contributed by atoms with E-state index in [1.165, 1.54) is 31.2 Å². The van der Waals surface area contributed by atoms with Gasteiger partial charge in [-0.2, -0.15) is 0 Å². The highest BCUT2D eigenvalue weighted by atomic mass is 32.2. The standard InChI is InChI=1S/C26H34N4O3S/c1-19(2)24(28-25-22-12-5-6-13-23(22)34(32,33)29-25)26(31)27-17-20-10-9-11-21(16-20)18-30-14-7-3-4-8-15-30/h5-6,9-13,16,19,24H,3-4,7-8,14-15,17-18H2,1-2H3,(H,27,31)(H,28,29)/t24-/m0/s1. The number of rotatable bonds is 7. The smallest absolute Gasteiger partial charge is 0.263 e. The first-order valence-electron chi connectivity index (χ1n) is 12.1. The van der Waals surface area contributed by atoms with E-state index in [0.29, 0.717) is 12.1 Å². The second-order valence-corrected chi connectivity index (χ2v) is 11.1. The van der Waals surface area contributed by atoms with Crippen molar-refractivity contribution in [1.82, 2.24) is 14.9 Å². The maximum Gasteiger partial charge on any atom is 0.263 e. The summed E-state index contributed by atoms with van der Waals surface area (Å²) in [5.74, 6) is -0.0907. The van der Waals surface area contributed by atoms with Gasteiger partial charge in [-0.05, 0) is 55.1 Å². The van der Waals surface area contributed by atoms with Gasteiger partial charge < -0.3 is 5.32 Å². The topological polar surface area (TPSA) is 90.9 Å². The van der Waals surface area contributed by atoms with Crippen LogP contribution in [0.2, 0.25) is 0 Å². The molecule has 1 atom stereocenters. The molecule has 2 aliphatic heterocycles. The molecule has 0 saturated carbocycles. The van der Waals surface area contributed by atoms with E-state index in [1.807, 2.05) is 26.0 Å². The molecule has 0 unspecified atom stereocenters. The predicted octanol–water partition coefficient (Wildman–Crippen LogP) is 3.44. The number of fused-ring (bicyclic) bond motifs is 1. The molecule has 0 aliphatic carbocycles. The molecule has 2 aromatic carbocycles. The van der Waals surface area contributed by atoms with E-state index in [0.717, 1.165) is 25.2 Å². The number of benzene rings is 2. The maximum absolute atomic E-state index is 13.1. The lowest BCUT2D eigenvalue weighted by atomic mass is 10.0. The van der Waals surface area contributed by atoms with Crippen molar-refractivity contribution >= 4 is 21.8 Å². The summed E-state index contributed by atoms with van der Waals surface area (Å²) in [6, 6.07) is 14.3. The molecule has 8 heteroatoms. The molecular weight excluding hydrogens is 448 g/mol. The molecule has 0 aromatic heterocycles. The minimum absolute atomic E-state index is 0.0980. The Labute approximate surface area is 202 Å². The van der Waals surface area contributed by atoms with Gasteiger partial charge >= 0.3 is 0 Å². The van der Waals surface area contributed by atoms with E-state index in [1.54, 1.807) is 24.3 Å². The third-order valence-electron chi connectivity index (χ3n) is 6.39. The number of aliphatic imine (C=N–C) groups is 1. The molecule has 1 saturated heterocycles. The summed E-state index contributed by atoms with van der Waals surface area (Å²) in [5, 5.41) is 3.00. The van der Waals surface area contributed by atoms with Crippen molar-refractivity contribution in [3.05, 3.63) is 65.2 Å². The van der Waals surface area contributed by atoms with E-state index in [2.05, 4.69) is 32.1 Å². The van der Waals surface area contributed by atoms with Gasteiger partial charge in [0.25, 0.3) is 10.0 Å². The van der Waals surface area contributed by atoms with Crippen LogP contribution in [0.15, 0.2) is 58.4 Å². The van der Waals surface area contributed by atoms with Crippen molar-refractivity contribution in [3.63, 3.8) is 0 Å². The van der Waals surface area contributed by atoms with Crippen molar-refractivity contribution < 1.29 is 13.2 Å². The minimum atomic E-state index is -3.64. The zero-order valence-electron chi connectivity index (χ0n) is 20.0. The average Bonchev–Trinajstić information content (AvgIpc) is 2.96. The fourth-order valence-electron chi connectivity index (χ4n) is 4.56. The number of carbonyl (C=O) groups excluding carboxylic acids is 1. The van der Waals surface area contributed by atoms with E-state index in [4.69, 9.17) is 0 Å². The Balaban J connectivity index is 1.43. The van der Waals surface area contributed by atoms with Gasteiger partial charge in [-0.3, -0.25) is 19.4 Å². The number of nitrogens with zero attached hydrogens (tertiary/aromatic N) is 2. The van der Waals surface area contributed by atoms with Crippen LogP contribution in [0.25, 0.3) is 0 Å². The van der Waals surface area contributed by atoms with E-state index in [9.17, 15) is 13.2 Å². The van der Waals surface area contributed by atoms with Crippen molar-refractivity contribution in [2.45, 2.75) is 63.6 Å². The van der Waals surface area contributed by atoms with Crippen LogP contribution in [0.5, 0.6) is 0 Å². The van der Waals surface area contributed by atoms with Crippen LogP contribution in [-0.2, 0) is 27.9 Å². The van der Waals surface area contributed by atoms with Crippen LogP contribution in [0.1, 0.15) is 56.2 Å². The second kappa shape index (κ2) is 10.7. The molecule has 2 heterocycles. The molecule has 7 nitrogen and oxygen atoms in total. The number of nitrogens with one attached hydrogen (secondary N) is 2. The van der Waals surface area contributed by atoms with Gasteiger partial charge in [0.15, 0.2) is 0 Å². The molecule has 2 aromatic rings. The van der Waals surface area contributed by atoms with E-state index in [-0.39, 0.29) is 22.6 Å². The number of hydrogen-bond donors (Lipinski definition) is 2. The SMILES string of the molecule is CC(C)[C@H](N=C1NS(=O)(=O)c2ccccc21)C(=O)NCc1cccc(CN2CCCCCC2)c1. The summed E-state index contributed by atoms with van der Waals surface area (Å²) in [5.41, 5.74) is 2.80. The first-order chi connectivity index (χ1) is 16.3. The van der Waals surface area contributed by atoms with Crippen molar-refractivity contribution in [1.29, 1.82) is 0 Å². The third-order valence-corrected chi connectivity index (χ3v) is 7.79. The summed E-state index contributed by atoms with van der Waals surface area (Å²) >= 11 is 0. The minimum Gasteiger partial charge on any atom is -0.350 e. The molecule has 0 spiro atoms. The number of amidine groups is 1. The number of likely N-dealkylation sites (tertiary alicyclic amines) is 1. The summed E-state index contributed by atoms with van der Waals surface area (Å²) in [6.45, 7) is 7.44. The first kappa shape index (κ1) is 24.4. The molecule has 2 N–H and O–H groups in total. The molecule has 0 radical (unpaired) electrons. The Morgan fingerprint density at radius 1 is 1.03 bits per heavy atom. The summed E-state index contributed by atoms with van der Waals surface area (Å²) in [6.07, 6.45) is 5.15. The van der Waals surface area contributed by atoms with Crippen LogP contribution in [-0.4, -0.2) is 44.2 Å². The number of amides is 1. The highest BCUT2D eigenvalue weighted by molar-refractivity contribution is 7.90. The van der Waals surface area contributed by atoms with Crippen molar-refractivity contribution in [2.75, 3.05) is 13.1 Å². The zero-order valence-corrected chi connectivity index (χ0v) is 20.8. The Bertz CT molecular complexity index is 1150. The van der Waals surface area contributed by atoms with Crippen LogP contribution < -0.4 is 10.0 Å². The van der Waals surface area contributed by atoms with Gasteiger partial charge in [-0.1, -0.05) is 63.1 Å². The third kappa shape index (κ3) is 5.85. The molecule has 0 bridgehead atoms. The van der Waals surface area contributed by atoms with Crippen molar-refractivity contribution in [2.24, 2.45) is 10.9 Å². The quantitative estimate of drug-likeness (QED) is 0.633. The maximum atomic E-state index is 13.1. The lowest BCUT2D eigenvalue weighted by Crippen LogP contribution is -2.38. The molecule has 4 rings (SSSR count). The van der Waals surface area contributed by atoms with Gasteiger partial charge in [0.05, 0.1) is 4.90 Å². The van der Waals surface area contributed by atoms with Crippen LogP contribution in [0.3, 0.4) is 0 Å². The van der Waals surface area contributed by atoms with Gasteiger partial charge in [0.2, 0.25) is 5.91 Å². The Kier molecular flexibility index (Phi) is 7.68. The van der Waals surface area contributed by atoms with Crippen LogP contribution in [0, 0.1) is 5.92 Å². The first-order valence-corrected chi connectivity index (χ1v) is 13.6. The molecule has 34 heavy (non-hydrogen) atoms. The van der Waals surface area contributed by atoms with Crippen LogP contribution >= 0.6 is 0 Å². The second-order valence-electron chi connectivity index (χ2n) is 9.50. The molecule has 1 fully saturated rings. The van der Waals surface area contributed by atoms with Crippen LogP contribution in [0.4, 0.5) is 0 Å². The predicted molar refractivity (Wildman–Crippen MR) is 134 cm³/mol. The number of carbonyl (C=O) groups is 1. The summed E-state index contributed by atoms with van der Waals surface area (Å²) < 4.78 is 27.3. The van der Waals surface area contributed by atoms with Gasteiger partial charge in [0.1, 0.15) is 11.9 Å². The Morgan fingerprint density at radius 3 is 2.47 bits per heavy atom. The molecular formula is C26H34N4O3S. The zero-order chi connectivity index (χ0) is 24.1. The highest BCUT2D eigenvalue weighted by Crippen LogP contribution is 2.23. The highest BCUT2D eigenvalue weighted by Gasteiger charge is 2.32.